The Morgan fingerprint density at radius 3 is 2.17 bits per heavy atom. The van der Waals surface area contributed by atoms with Crippen molar-refractivity contribution in [2.45, 2.75) is 91.1 Å². The lowest BCUT2D eigenvalue weighted by atomic mass is 10.0. The second-order valence-electron chi connectivity index (χ2n) is 7.04. The van der Waals surface area contributed by atoms with E-state index in [9.17, 15) is 0 Å². The first-order valence-electron chi connectivity index (χ1n) is 9.81. The zero-order chi connectivity index (χ0) is 17.2. The summed E-state index contributed by atoms with van der Waals surface area (Å²) < 4.78 is 4.76. The first kappa shape index (κ1) is 18.8. The lowest BCUT2D eigenvalue weighted by molar-refractivity contribution is -0.732. The second kappa shape index (κ2) is 10.3. The van der Waals surface area contributed by atoms with Gasteiger partial charge in [0.15, 0.2) is 0 Å². The molecule has 2 aromatic heterocycles. The van der Waals surface area contributed by atoms with E-state index in [1.807, 2.05) is 6.20 Å². The lowest BCUT2D eigenvalue weighted by Crippen LogP contribution is -2.41. The summed E-state index contributed by atoms with van der Waals surface area (Å²) in [4.78, 5) is 6.59. The van der Waals surface area contributed by atoms with Gasteiger partial charge >= 0.3 is 0 Å². The molecule has 4 heteroatoms. The largest absolute Gasteiger partial charge is 0.251 e. The SMILES string of the molecule is CCCCCCCCC(CCC[n+]1cc[nH]c1C)[n+]1cc[nH]c1C. The Hall–Kier alpha value is -1.58. The molecule has 0 saturated heterocycles. The summed E-state index contributed by atoms with van der Waals surface area (Å²) in [5.41, 5.74) is 0. The van der Waals surface area contributed by atoms with E-state index in [1.54, 1.807) is 0 Å². The van der Waals surface area contributed by atoms with Gasteiger partial charge in [-0.05, 0) is 25.7 Å². The number of aromatic nitrogens is 4. The molecule has 0 spiro atoms. The highest BCUT2D eigenvalue weighted by Crippen LogP contribution is 2.17. The minimum Gasteiger partial charge on any atom is -0.248 e. The normalized spacial score (nSPS) is 12.6. The van der Waals surface area contributed by atoms with Crippen molar-refractivity contribution in [1.29, 1.82) is 0 Å². The maximum Gasteiger partial charge on any atom is 0.251 e. The smallest absolute Gasteiger partial charge is 0.248 e. The van der Waals surface area contributed by atoms with E-state index in [2.05, 4.69) is 58.5 Å². The predicted molar refractivity (Wildman–Crippen MR) is 97.7 cm³/mol. The van der Waals surface area contributed by atoms with Crippen molar-refractivity contribution in [2.24, 2.45) is 0 Å². The van der Waals surface area contributed by atoms with E-state index < -0.39 is 0 Å². The number of rotatable bonds is 12. The first-order valence-corrected chi connectivity index (χ1v) is 9.81. The van der Waals surface area contributed by atoms with Gasteiger partial charge in [0.25, 0.3) is 11.6 Å². The van der Waals surface area contributed by atoms with Crippen LogP contribution in [0.15, 0.2) is 24.8 Å². The third kappa shape index (κ3) is 5.81. The molecule has 0 fully saturated rings. The van der Waals surface area contributed by atoms with E-state index in [0.29, 0.717) is 6.04 Å². The minimum atomic E-state index is 0.627. The fraction of sp³-hybridized carbons (Fsp3) is 0.700. The van der Waals surface area contributed by atoms with Gasteiger partial charge in [-0.15, -0.1) is 0 Å². The van der Waals surface area contributed by atoms with Gasteiger partial charge in [-0.1, -0.05) is 39.0 Å². The van der Waals surface area contributed by atoms with Gasteiger partial charge in [0.1, 0.15) is 30.8 Å². The van der Waals surface area contributed by atoms with Crippen LogP contribution in [0.2, 0.25) is 0 Å². The van der Waals surface area contributed by atoms with Crippen LogP contribution in [-0.2, 0) is 6.54 Å². The van der Waals surface area contributed by atoms with E-state index in [-0.39, 0.29) is 0 Å². The zero-order valence-electron chi connectivity index (χ0n) is 15.9. The van der Waals surface area contributed by atoms with E-state index >= 15 is 0 Å². The highest BCUT2D eigenvalue weighted by atomic mass is 15.1. The molecule has 0 aliphatic carbocycles. The molecule has 0 aromatic carbocycles. The van der Waals surface area contributed by atoms with Crippen LogP contribution >= 0.6 is 0 Å². The first-order chi connectivity index (χ1) is 11.7. The molecular weight excluding hydrogens is 296 g/mol. The number of hydrogen-bond donors (Lipinski definition) is 2. The van der Waals surface area contributed by atoms with Crippen molar-refractivity contribution in [2.75, 3.05) is 0 Å². The third-order valence-corrected chi connectivity index (χ3v) is 5.11. The molecule has 4 nitrogen and oxygen atoms in total. The summed E-state index contributed by atoms with van der Waals surface area (Å²) in [7, 11) is 0. The van der Waals surface area contributed by atoms with Crippen LogP contribution in [0.1, 0.15) is 82.4 Å². The molecule has 0 aliphatic heterocycles. The average molecular weight is 333 g/mol. The van der Waals surface area contributed by atoms with Crippen LogP contribution in [0.25, 0.3) is 0 Å². The van der Waals surface area contributed by atoms with Crippen molar-refractivity contribution in [1.82, 2.24) is 9.97 Å². The van der Waals surface area contributed by atoms with Crippen molar-refractivity contribution in [3.05, 3.63) is 36.4 Å². The summed E-state index contributed by atoms with van der Waals surface area (Å²) in [6.07, 6.45) is 20.5. The van der Waals surface area contributed by atoms with Crippen molar-refractivity contribution in [3.63, 3.8) is 0 Å². The summed E-state index contributed by atoms with van der Waals surface area (Å²) in [6, 6.07) is 0.627. The molecule has 0 amide bonds. The van der Waals surface area contributed by atoms with Crippen LogP contribution in [-0.4, -0.2) is 9.97 Å². The third-order valence-electron chi connectivity index (χ3n) is 5.11. The van der Waals surface area contributed by atoms with Gasteiger partial charge in [-0.3, -0.25) is 0 Å². The average Bonchev–Trinajstić information content (AvgIpc) is 3.17. The van der Waals surface area contributed by atoms with Crippen LogP contribution in [0.4, 0.5) is 0 Å². The Bertz CT molecular complexity index is 570. The summed E-state index contributed by atoms with van der Waals surface area (Å²) in [5, 5.41) is 0. The number of hydrogen-bond acceptors (Lipinski definition) is 0. The van der Waals surface area contributed by atoms with Gasteiger partial charge in [0.2, 0.25) is 0 Å². The Labute approximate surface area is 147 Å². The van der Waals surface area contributed by atoms with E-state index in [1.165, 1.54) is 69.4 Å². The number of unbranched alkanes of at least 4 members (excludes halogenated alkanes) is 5. The molecule has 0 bridgehead atoms. The van der Waals surface area contributed by atoms with Crippen LogP contribution in [0.5, 0.6) is 0 Å². The molecule has 2 rings (SSSR count). The van der Waals surface area contributed by atoms with Gasteiger partial charge in [0.05, 0.1) is 6.54 Å². The van der Waals surface area contributed by atoms with Crippen molar-refractivity contribution >= 4 is 0 Å². The summed E-state index contributed by atoms with van der Waals surface area (Å²) in [6.45, 7) is 7.70. The number of aryl methyl sites for hydroxylation is 3. The Balaban J connectivity index is 1.80. The molecule has 1 unspecified atom stereocenters. The topological polar surface area (TPSA) is 39.3 Å². The standard InChI is InChI=1S/C20H34N4/c1-4-5-6-7-8-9-11-20(24-17-14-22-19(24)3)12-10-15-23-16-13-21-18(23)2/h13-14,16-17,20H,4-12,15H2,1-3H3/p+2. The number of aromatic amines is 2. The van der Waals surface area contributed by atoms with Gasteiger partial charge in [0, 0.05) is 13.8 Å². The maximum absolute atomic E-state index is 3.33. The fourth-order valence-corrected chi connectivity index (χ4v) is 3.58. The Morgan fingerprint density at radius 2 is 1.50 bits per heavy atom. The molecule has 1 atom stereocenters. The molecule has 0 saturated carbocycles. The fourth-order valence-electron chi connectivity index (χ4n) is 3.58. The Kier molecular flexibility index (Phi) is 8.06. The maximum atomic E-state index is 3.33. The van der Waals surface area contributed by atoms with Crippen molar-refractivity contribution in [3.8, 4) is 0 Å². The minimum absolute atomic E-state index is 0.627. The summed E-state index contributed by atoms with van der Waals surface area (Å²) in [5.74, 6) is 2.52. The predicted octanol–water partition coefficient (Wildman–Crippen LogP) is 4.31. The lowest BCUT2D eigenvalue weighted by Gasteiger charge is -2.15. The summed E-state index contributed by atoms with van der Waals surface area (Å²) >= 11 is 0. The highest BCUT2D eigenvalue weighted by molar-refractivity contribution is 4.73. The number of nitrogens with one attached hydrogen (secondary N) is 2. The van der Waals surface area contributed by atoms with Crippen LogP contribution < -0.4 is 9.13 Å². The zero-order valence-corrected chi connectivity index (χ0v) is 15.9. The number of nitrogens with zero attached hydrogens (tertiary/aromatic N) is 2. The van der Waals surface area contributed by atoms with Crippen molar-refractivity contribution < 1.29 is 9.13 Å². The van der Waals surface area contributed by atoms with Crippen LogP contribution in [0.3, 0.4) is 0 Å². The second-order valence-corrected chi connectivity index (χ2v) is 7.04. The molecule has 2 aromatic rings. The van der Waals surface area contributed by atoms with Gasteiger partial charge < -0.3 is 0 Å². The molecule has 2 N–H and O–H groups in total. The number of imidazole rings is 2. The molecule has 0 aliphatic rings. The van der Waals surface area contributed by atoms with Gasteiger partial charge in [-0.25, -0.2) is 19.1 Å². The van der Waals surface area contributed by atoms with Crippen LogP contribution in [0, 0.1) is 13.8 Å². The number of H-pyrrole nitrogens is 2. The molecule has 2 heterocycles. The molecule has 0 radical (unpaired) electrons. The molecular formula is C20H36N4+2. The molecule has 24 heavy (non-hydrogen) atoms. The quantitative estimate of drug-likeness (QED) is 0.429. The van der Waals surface area contributed by atoms with Gasteiger partial charge in [-0.2, -0.15) is 0 Å². The van der Waals surface area contributed by atoms with E-state index in [4.69, 9.17) is 0 Å². The monoisotopic (exact) mass is 332 g/mol. The highest BCUT2D eigenvalue weighted by Gasteiger charge is 2.19. The Morgan fingerprint density at radius 1 is 0.833 bits per heavy atom. The molecule has 134 valence electrons. The van der Waals surface area contributed by atoms with E-state index in [0.717, 1.165) is 6.54 Å².